The van der Waals surface area contributed by atoms with Crippen LogP contribution in [0.3, 0.4) is 0 Å². The normalized spacial score (nSPS) is 20.3. The van der Waals surface area contributed by atoms with Gasteiger partial charge in [-0.2, -0.15) is 10.2 Å². The highest BCUT2D eigenvalue weighted by Crippen LogP contribution is 2.50. The summed E-state index contributed by atoms with van der Waals surface area (Å²) in [5.41, 5.74) is -0.0288. The van der Waals surface area contributed by atoms with E-state index in [2.05, 4.69) is 92.6 Å². The number of hydrogen-bond donors (Lipinski definition) is 2. The molecule has 2 aromatic rings. The van der Waals surface area contributed by atoms with Crippen molar-refractivity contribution in [2.75, 3.05) is 18.5 Å². The van der Waals surface area contributed by atoms with Gasteiger partial charge >= 0.3 is 0 Å². The minimum absolute atomic E-state index is 0.00277. The van der Waals surface area contributed by atoms with Crippen LogP contribution < -0.4 is 10.9 Å². The van der Waals surface area contributed by atoms with Gasteiger partial charge in [0.25, 0.3) is 14.1 Å². The van der Waals surface area contributed by atoms with Gasteiger partial charge < -0.3 is 18.2 Å². The van der Waals surface area contributed by atoms with Crippen molar-refractivity contribution in [3.8, 4) is 6.07 Å². The van der Waals surface area contributed by atoms with Gasteiger partial charge in [0.1, 0.15) is 12.3 Å². The van der Waals surface area contributed by atoms with Gasteiger partial charge in [0, 0.05) is 24.4 Å². The zero-order valence-electron chi connectivity index (χ0n) is 28.0. The molecule has 0 bridgehead atoms. The molecule has 2 aromatic heterocycles. The van der Waals surface area contributed by atoms with Gasteiger partial charge in [0.15, 0.2) is 19.5 Å². The van der Waals surface area contributed by atoms with Gasteiger partial charge in [0.2, 0.25) is 11.9 Å². The van der Waals surface area contributed by atoms with Crippen molar-refractivity contribution in [2.24, 2.45) is 5.92 Å². The maximum absolute atomic E-state index is 12.8. The third-order valence-corrected chi connectivity index (χ3v) is 14.6. The molecule has 15 heteroatoms. The lowest BCUT2D eigenvalue weighted by Gasteiger charge is -2.39. The zero-order valence-corrected chi connectivity index (χ0v) is 29.9. The minimum Gasteiger partial charge on any atom is -0.414 e. The third-order valence-electron chi connectivity index (χ3n) is 7.99. The molecule has 1 fully saturated rings. The molecule has 246 valence electrons. The van der Waals surface area contributed by atoms with Crippen LogP contribution >= 0.6 is 8.53 Å². The standard InChI is InChI=1S/C29H50N7O6PSi/c1-18(2)26(37)33-28-32-25-24(27(38)34-28)31-17-35(25)23-15-21(22(41-23)16-40-44(10,11)29(7,8)9)42-43(39-14-12-13-30)36(19(3)4)20(5)6/h17-23H,12,14-16H2,1-11H3,(H2,32,33,34,37,38)/t21-,22+,23+,43?/m0/s1. The Hall–Kier alpha value is -2.24. The summed E-state index contributed by atoms with van der Waals surface area (Å²) in [6, 6.07) is 2.41. The Morgan fingerprint density at radius 1 is 1.27 bits per heavy atom. The second-order valence-electron chi connectivity index (χ2n) is 13.5. The summed E-state index contributed by atoms with van der Waals surface area (Å²) in [6.07, 6.45) is 0.773. The fourth-order valence-electron chi connectivity index (χ4n) is 4.51. The molecule has 3 rings (SSSR count). The monoisotopic (exact) mass is 651 g/mol. The van der Waals surface area contributed by atoms with E-state index in [1.54, 1.807) is 18.4 Å². The Labute approximate surface area is 263 Å². The summed E-state index contributed by atoms with van der Waals surface area (Å²) in [5, 5.41) is 11.8. The van der Waals surface area contributed by atoms with Crippen LogP contribution in [0.1, 0.15) is 81.4 Å². The molecule has 1 aliphatic heterocycles. The largest absolute Gasteiger partial charge is 0.414 e. The van der Waals surface area contributed by atoms with E-state index in [4.69, 9.17) is 23.5 Å². The van der Waals surface area contributed by atoms with Gasteiger partial charge in [-0.05, 0) is 45.8 Å². The van der Waals surface area contributed by atoms with Crippen molar-refractivity contribution < 1.29 is 23.0 Å². The van der Waals surface area contributed by atoms with Gasteiger partial charge in [-0.3, -0.25) is 24.5 Å². The molecule has 1 amide bonds. The number of aromatic nitrogens is 4. The molecule has 13 nitrogen and oxygen atoms in total. The lowest BCUT2D eigenvalue weighted by atomic mass is 10.2. The molecule has 1 aliphatic rings. The summed E-state index contributed by atoms with van der Waals surface area (Å²) in [5.74, 6) is -0.512. The van der Waals surface area contributed by atoms with Crippen LogP contribution in [0, 0.1) is 17.2 Å². The van der Waals surface area contributed by atoms with Crippen LogP contribution in [0.4, 0.5) is 5.95 Å². The first-order chi connectivity index (χ1) is 20.5. The zero-order chi connectivity index (χ0) is 33.0. The summed E-state index contributed by atoms with van der Waals surface area (Å²) >= 11 is 0. The van der Waals surface area contributed by atoms with E-state index in [1.807, 2.05) is 0 Å². The fraction of sp³-hybridized carbons (Fsp3) is 0.759. The Kier molecular flexibility index (Phi) is 12.3. The van der Waals surface area contributed by atoms with E-state index in [0.29, 0.717) is 18.7 Å². The van der Waals surface area contributed by atoms with Gasteiger partial charge in [-0.15, -0.1) is 0 Å². The number of amides is 1. The summed E-state index contributed by atoms with van der Waals surface area (Å²) in [7, 11) is -3.66. The first-order valence-corrected chi connectivity index (χ1v) is 19.3. The Morgan fingerprint density at radius 2 is 1.93 bits per heavy atom. The smallest absolute Gasteiger partial charge is 0.280 e. The average Bonchev–Trinajstić information content (AvgIpc) is 3.50. The number of carbonyl (C=O) groups is 1. The summed E-state index contributed by atoms with van der Waals surface area (Å²) < 4.78 is 30.1. The van der Waals surface area contributed by atoms with E-state index < -0.39 is 40.8 Å². The number of nitriles is 1. The first-order valence-electron chi connectivity index (χ1n) is 15.3. The fourth-order valence-corrected chi connectivity index (χ4v) is 7.28. The Morgan fingerprint density at radius 3 is 2.50 bits per heavy atom. The highest BCUT2D eigenvalue weighted by atomic mass is 31.2. The van der Waals surface area contributed by atoms with Crippen LogP contribution in [0.5, 0.6) is 0 Å². The molecule has 0 spiro atoms. The molecule has 0 radical (unpaired) electrons. The van der Waals surface area contributed by atoms with Crippen LogP contribution in [0.25, 0.3) is 11.2 Å². The highest BCUT2D eigenvalue weighted by Gasteiger charge is 2.44. The maximum Gasteiger partial charge on any atom is 0.280 e. The molecular formula is C29H50N7O6PSi. The molecule has 0 aromatic carbocycles. The van der Waals surface area contributed by atoms with Crippen molar-refractivity contribution in [3.05, 3.63) is 16.7 Å². The molecule has 4 atom stereocenters. The number of imidazole rings is 1. The van der Waals surface area contributed by atoms with Gasteiger partial charge in [0.05, 0.1) is 38.1 Å². The predicted molar refractivity (Wildman–Crippen MR) is 173 cm³/mol. The topological polar surface area (TPSA) is 157 Å². The number of H-pyrrole nitrogens is 1. The number of anilines is 1. The maximum atomic E-state index is 12.8. The molecule has 2 N–H and O–H groups in total. The second-order valence-corrected chi connectivity index (χ2v) is 19.7. The number of hydrogen-bond acceptors (Lipinski definition) is 10. The first kappa shape index (κ1) is 36.2. The van der Waals surface area contributed by atoms with E-state index >= 15 is 0 Å². The highest BCUT2D eigenvalue weighted by molar-refractivity contribution is 7.44. The third kappa shape index (κ3) is 8.72. The van der Waals surface area contributed by atoms with Crippen molar-refractivity contribution in [3.63, 3.8) is 0 Å². The molecule has 1 saturated heterocycles. The van der Waals surface area contributed by atoms with Crippen molar-refractivity contribution >= 4 is 39.9 Å². The van der Waals surface area contributed by atoms with E-state index in [0.717, 1.165) is 0 Å². The second kappa shape index (κ2) is 14.9. The SMILES string of the molecule is CC(C)C(=O)Nc1nc2c(ncn2[C@H]2C[C@H](OP(OCCC#N)N(C(C)C)C(C)C)[C@@H](CO[Si](C)(C)C(C)(C)C)O2)c(=O)[nH]1. The number of fused-ring (bicyclic) bond motifs is 1. The molecule has 44 heavy (non-hydrogen) atoms. The molecule has 0 aliphatic carbocycles. The number of nitrogens with one attached hydrogen (secondary N) is 2. The summed E-state index contributed by atoms with van der Waals surface area (Å²) in [4.78, 5) is 36.6. The number of nitrogens with zero attached hydrogens (tertiary/aromatic N) is 5. The lowest BCUT2D eigenvalue weighted by Crippen LogP contribution is -2.44. The predicted octanol–water partition coefficient (Wildman–Crippen LogP) is 5.68. The number of aromatic amines is 1. The van der Waals surface area contributed by atoms with Crippen LogP contribution in [0.15, 0.2) is 11.1 Å². The van der Waals surface area contributed by atoms with Crippen LogP contribution in [0.2, 0.25) is 18.1 Å². The van der Waals surface area contributed by atoms with Crippen molar-refractivity contribution in [2.45, 2.75) is 124 Å². The number of carbonyl (C=O) groups excluding carboxylic acids is 1. The van der Waals surface area contributed by atoms with Gasteiger partial charge in [-0.25, -0.2) is 9.65 Å². The summed E-state index contributed by atoms with van der Waals surface area (Å²) in [6.45, 7) is 23.4. The minimum atomic E-state index is -2.12. The lowest BCUT2D eigenvalue weighted by molar-refractivity contribution is -0.118. The quantitative estimate of drug-likeness (QED) is 0.148. The van der Waals surface area contributed by atoms with E-state index in [9.17, 15) is 9.59 Å². The van der Waals surface area contributed by atoms with Crippen LogP contribution in [-0.2, 0) is 23.0 Å². The van der Waals surface area contributed by atoms with E-state index in [1.165, 1.54) is 6.33 Å². The molecular weight excluding hydrogens is 601 g/mol. The number of rotatable bonds is 14. The Balaban J connectivity index is 1.98. The Bertz CT molecular complexity index is 1360. The molecule has 3 heterocycles. The average molecular weight is 652 g/mol. The van der Waals surface area contributed by atoms with Crippen molar-refractivity contribution in [1.82, 2.24) is 24.2 Å². The van der Waals surface area contributed by atoms with Crippen molar-refractivity contribution in [1.29, 1.82) is 5.26 Å². The number of ether oxygens (including phenoxy) is 1. The molecule has 0 saturated carbocycles. The van der Waals surface area contributed by atoms with Crippen LogP contribution in [-0.4, -0.2) is 75.9 Å². The molecule has 1 unspecified atom stereocenters. The van der Waals surface area contributed by atoms with E-state index in [-0.39, 0.29) is 53.4 Å². The van der Waals surface area contributed by atoms with Gasteiger partial charge in [-0.1, -0.05) is 34.6 Å².